The topological polar surface area (TPSA) is 61.4 Å². The Labute approximate surface area is 118 Å². The molecule has 0 aliphatic carbocycles. The van der Waals surface area contributed by atoms with E-state index in [0.29, 0.717) is 11.7 Å². The van der Waals surface area contributed by atoms with Gasteiger partial charge in [0.05, 0.1) is 0 Å². The SMILES string of the molecule is CNCC1CCCN(C(=O)[C@@H]2CSC(=O)N2)C1.Cl. The number of carbonyl (C=O) groups is 2. The van der Waals surface area contributed by atoms with Gasteiger partial charge < -0.3 is 15.5 Å². The van der Waals surface area contributed by atoms with Crippen LogP contribution >= 0.6 is 24.2 Å². The van der Waals surface area contributed by atoms with E-state index in [1.54, 1.807) is 0 Å². The molecule has 2 fully saturated rings. The van der Waals surface area contributed by atoms with Gasteiger partial charge in [0.15, 0.2) is 0 Å². The molecular formula is C11H20ClN3O2S. The number of halogens is 1. The standard InChI is InChI=1S/C11H19N3O2S.ClH/c1-12-5-8-3-2-4-14(6-8)10(15)9-7-17-11(16)13-9;/h8-9,12H,2-7H2,1H3,(H,13,16);1H/t8?,9-;/m0./s1. The fraction of sp³-hybridized carbons (Fsp3) is 0.818. The van der Waals surface area contributed by atoms with Crippen molar-refractivity contribution >= 4 is 35.3 Å². The normalized spacial score (nSPS) is 27.6. The van der Waals surface area contributed by atoms with Crippen LogP contribution in [0.5, 0.6) is 0 Å². The van der Waals surface area contributed by atoms with Crippen molar-refractivity contribution in [3.05, 3.63) is 0 Å². The van der Waals surface area contributed by atoms with Crippen molar-refractivity contribution in [2.45, 2.75) is 18.9 Å². The molecule has 0 aromatic carbocycles. The van der Waals surface area contributed by atoms with E-state index in [4.69, 9.17) is 0 Å². The van der Waals surface area contributed by atoms with Gasteiger partial charge in [0.2, 0.25) is 5.91 Å². The number of amides is 2. The first kappa shape index (κ1) is 15.6. The van der Waals surface area contributed by atoms with Gasteiger partial charge in [0, 0.05) is 18.8 Å². The Kier molecular flexibility index (Phi) is 6.25. The Morgan fingerprint density at radius 3 is 3.00 bits per heavy atom. The third kappa shape index (κ3) is 3.76. The molecule has 104 valence electrons. The predicted octanol–water partition coefficient (Wildman–Crippen LogP) is 0.691. The van der Waals surface area contributed by atoms with Crippen LogP contribution in [-0.4, -0.2) is 54.5 Å². The van der Waals surface area contributed by atoms with Crippen LogP contribution in [0, 0.1) is 5.92 Å². The number of hydrogen-bond donors (Lipinski definition) is 2. The zero-order chi connectivity index (χ0) is 12.3. The minimum absolute atomic E-state index is 0. The van der Waals surface area contributed by atoms with Crippen molar-refractivity contribution in [1.82, 2.24) is 15.5 Å². The molecule has 2 heterocycles. The lowest BCUT2D eigenvalue weighted by Gasteiger charge is -2.34. The highest BCUT2D eigenvalue weighted by molar-refractivity contribution is 8.14. The van der Waals surface area contributed by atoms with Gasteiger partial charge in [-0.2, -0.15) is 0 Å². The molecule has 2 saturated heterocycles. The van der Waals surface area contributed by atoms with Crippen LogP contribution in [0.15, 0.2) is 0 Å². The lowest BCUT2D eigenvalue weighted by molar-refractivity contribution is -0.134. The average molecular weight is 294 g/mol. The largest absolute Gasteiger partial charge is 0.341 e. The first-order valence-electron chi connectivity index (χ1n) is 6.07. The van der Waals surface area contributed by atoms with E-state index in [1.165, 1.54) is 18.2 Å². The van der Waals surface area contributed by atoms with Gasteiger partial charge in [-0.25, -0.2) is 0 Å². The van der Waals surface area contributed by atoms with E-state index < -0.39 is 0 Å². The number of thioether (sulfide) groups is 1. The molecule has 0 spiro atoms. The van der Waals surface area contributed by atoms with Crippen molar-refractivity contribution in [2.75, 3.05) is 32.4 Å². The summed E-state index contributed by atoms with van der Waals surface area (Å²) in [7, 11) is 1.94. The summed E-state index contributed by atoms with van der Waals surface area (Å²) in [4.78, 5) is 25.2. The van der Waals surface area contributed by atoms with E-state index >= 15 is 0 Å². The van der Waals surface area contributed by atoms with E-state index in [-0.39, 0.29) is 29.6 Å². The smallest absolute Gasteiger partial charge is 0.279 e. The molecule has 2 aliphatic rings. The molecular weight excluding hydrogens is 274 g/mol. The molecule has 0 aromatic rings. The summed E-state index contributed by atoms with van der Waals surface area (Å²) in [6.07, 6.45) is 2.24. The number of piperidine rings is 1. The summed E-state index contributed by atoms with van der Waals surface area (Å²) in [6, 6.07) is -0.305. The van der Waals surface area contributed by atoms with Crippen molar-refractivity contribution < 1.29 is 9.59 Å². The van der Waals surface area contributed by atoms with Crippen LogP contribution in [0.25, 0.3) is 0 Å². The highest BCUT2D eigenvalue weighted by Crippen LogP contribution is 2.20. The second kappa shape index (κ2) is 7.21. The van der Waals surface area contributed by atoms with E-state index in [2.05, 4.69) is 10.6 Å². The molecule has 0 bridgehead atoms. The number of likely N-dealkylation sites (tertiary alicyclic amines) is 1. The van der Waals surface area contributed by atoms with Crippen molar-refractivity contribution in [2.24, 2.45) is 5.92 Å². The molecule has 0 radical (unpaired) electrons. The molecule has 18 heavy (non-hydrogen) atoms. The fourth-order valence-electron chi connectivity index (χ4n) is 2.46. The van der Waals surface area contributed by atoms with Crippen LogP contribution in [0.2, 0.25) is 0 Å². The lowest BCUT2D eigenvalue weighted by Crippen LogP contribution is -2.50. The first-order valence-corrected chi connectivity index (χ1v) is 7.06. The van der Waals surface area contributed by atoms with Crippen LogP contribution in [0.4, 0.5) is 4.79 Å². The summed E-state index contributed by atoms with van der Waals surface area (Å²) in [5, 5.41) is 5.80. The van der Waals surface area contributed by atoms with Gasteiger partial charge in [-0.05, 0) is 32.4 Å². The van der Waals surface area contributed by atoms with Gasteiger partial charge in [0.25, 0.3) is 5.24 Å². The highest BCUT2D eigenvalue weighted by atomic mass is 35.5. The molecule has 2 atom stereocenters. The molecule has 0 saturated carbocycles. The minimum atomic E-state index is -0.305. The van der Waals surface area contributed by atoms with E-state index in [1.807, 2.05) is 11.9 Å². The van der Waals surface area contributed by atoms with Gasteiger partial charge in [0.1, 0.15) is 6.04 Å². The highest BCUT2D eigenvalue weighted by Gasteiger charge is 2.33. The van der Waals surface area contributed by atoms with Crippen LogP contribution in [-0.2, 0) is 4.79 Å². The van der Waals surface area contributed by atoms with Gasteiger partial charge in [-0.1, -0.05) is 11.8 Å². The Hall–Kier alpha value is -0.460. The fourth-order valence-corrected chi connectivity index (χ4v) is 3.23. The van der Waals surface area contributed by atoms with E-state index in [9.17, 15) is 9.59 Å². The summed E-state index contributed by atoms with van der Waals surface area (Å²) in [5.41, 5.74) is 0. The second-order valence-electron chi connectivity index (χ2n) is 4.65. The number of nitrogens with one attached hydrogen (secondary N) is 2. The molecule has 2 rings (SSSR count). The maximum Gasteiger partial charge on any atom is 0.279 e. The second-order valence-corrected chi connectivity index (χ2v) is 5.64. The third-order valence-electron chi connectivity index (χ3n) is 3.29. The maximum atomic E-state index is 12.2. The average Bonchev–Trinajstić information content (AvgIpc) is 2.76. The summed E-state index contributed by atoms with van der Waals surface area (Å²) >= 11 is 1.20. The number of hydrogen-bond acceptors (Lipinski definition) is 4. The first-order chi connectivity index (χ1) is 8.20. The lowest BCUT2D eigenvalue weighted by atomic mass is 9.97. The Bertz CT molecular complexity index is 315. The Morgan fingerprint density at radius 2 is 2.39 bits per heavy atom. The monoisotopic (exact) mass is 293 g/mol. The minimum Gasteiger partial charge on any atom is -0.341 e. The van der Waals surface area contributed by atoms with Crippen LogP contribution in [0.1, 0.15) is 12.8 Å². The molecule has 7 heteroatoms. The molecule has 5 nitrogen and oxygen atoms in total. The van der Waals surface area contributed by atoms with Gasteiger partial charge in [-0.3, -0.25) is 9.59 Å². The third-order valence-corrected chi connectivity index (χ3v) is 4.17. The number of nitrogens with zero attached hydrogens (tertiary/aromatic N) is 1. The van der Waals surface area contributed by atoms with Crippen molar-refractivity contribution in [1.29, 1.82) is 0 Å². The summed E-state index contributed by atoms with van der Waals surface area (Å²) in [6.45, 7) is 2.60. The molecule has 2 amide bonds. The quantitative estimate of drug-likeness (QED) is 0.804. The molecule has 2 aliphatic heterocycles. The van der Waals surface area contributed by atoms with E-state index in [0.717, 1.165) is 26.1 Å². The van der Waals surface area contributed by atoms with Gasteiger partial charge >= 0.3 is 0 Å². The summed E-state index contributed by atoms with van der Waals surface area (Å²) < 4.78 is 0. The number of carbonyl (C=O) groups excluding carboxylic acids is 2. The number of rotatable bonds is 3. The van der Waals surface area contributed by atoms with Crippen molar-refractivity contribution in [3.63, 3.8) is 0 Å². The van der Waals surface area contributed by atoms with Crippen LogP contribution < -0.4 is 10.6 Å². The Balaban J connectivity index is 0.00000162. The molecule has 1 unspecified atom stereocenters. The Morgan fingerprint density at radius 1 is 1.61 bits per heavy atom. The zero-order valence-electron chi connectivity index (χ0n) is 10.5. The zero-order valence-corrected chi connectivity index (χ0v) is 12.1. The summed E-state index contributed by atoms with van der Waals surface area (Å²) in [5.74, 6) is 1.21. The molecule has 0 aromatic heterocycles. The van der Waals surface area contributed by atoms with Crippen molar-refractivity contribution in [3.8, 4) is 0 Å². The molecule has 2 N–H and O–H groups in total. The maximum absolute atomic E-state index is 12.2. The predicted molar refractivity (Wildman–Crippen MR) is 75.3 cm³/mol. The van der Waals surface area contributed by atoms with Crippen LogP contribution in [0.3, 0.4) is 0 Å². The van der Waals surface area contributed by atoms with Gasteiger partial charge in [-0.15, -0.1) is 12.4 Å².